The molecule has 222 valence electrons. The first kappa shape index (κ1) is 27.5. The summed E-state index contributed by atoms with van der Waals surface area (Å²) in [5, 5.41) is 1.42. The quantitative estimate of drug-likeness (QED) is 0.183. The van der Waals surface area contributed by atoms with Gasteiger partial charge in [-0.15, -0.1) is 0 Å². The van der Waals surface area contributed by atoms with Gasteiger partial charge in [-0.25, -0.2) is 0 Å². The Labute approximate surface area is 277 Å². The Morgan fingerprint density at radius 1 is 0.447 bits per heavy atom. The molecule has 1 aliphatic rings. The summed E-state index contributed by atoms with van der Waals surface area (Å²) in [6, 6.07) is 58.8. The summed E-state index contributed by atoms with van der Waals surface area (Å²) < 4.78 is 2.21. The molecular formula is C43H28N2OS. The van der Waals surface area contributed by atoms with Crippen LogP contribution in [0.4, 0.5) is 17.1 Å². The first-order valence-corrected chi connectivity index (χ1v) is 16.6. The van der Waals surface area contributed by atoms with Crippen LogP contribution in [0.1, 0.15) is 0 Å². The van der Waals surface area contributed by atoms with Gasteiger partial charge in [0.1, 0.15) is 0 Å². The maximum Gasteiger partial charge on any atom is 0.197 e. The van der Waals surface area contributed by atoms with E-state index in [0.29, 0.717) is 5.39 Å². The zero-order valence-electron chi connectivity index (χ0n) is 25.4. The van der Waals surface area contributed by atoms with Crippen molar-refractivity contribution in [1.29, 1.82) is 0 Å². The highest BCUT2D eigenvalue weighted by Gasteiger charge is 2.25. The SMILES string of the molecule is O=c1c2ccccc2n(-c2ccccc2)c2cccc(-c3ccccc3-c3cccc(N4c5ccccc5Sc5ccccc54)c3)c12. The van der Waals surface area contributed by atoms with Crippen LogP contribution in [-0.4, -0.2) is 4.57 Å². The second-order valence-electron chi connectivity index (χ2n) is 11.7. The van der Waals surface area contributed by atoms with Gasteiger partial charge in [0, 0.05) is 26.6 Å². The van der Waals surface area contributed by atoms with Crippen LogP contribution < -0.4 is 10.3 Å². The summed E-state index contributed by atoms with van der Waals surface area (Å²) in [5.74, 6) is 0. The van der Waals surface area contributed by atoms with Crippen LogP contribution in [0.2, 0.25) is 0 Å². The van der Waals surface area contributed by atoms with E-state index in [2.05, 4.69) is 137 Å². The fourth-order valence-corrected chi connectivity index (χ4v) is 7.99. The predicted octanol–water partition coefficient (Wildman–Crippen LogP) is 11.4. The Bertz CT molecular complexity index is 2490. The van der Waals surface area contributed by atoms with Crippen LogP contribution in [0.3, 0.4) is 0 Å². The van der Waals surface area contributed by atoms with E-state index in [-0.39, 0.29) is 5.43 Å². The summed E-state index contributed by atoms with van der Waals surface area (Å²) >= 11 is 1.81. The van der Waals surface area contributed by atoms with Crippen LogP contribution >= 0.6 is 11.8 Å². The van der Waals surface area contributed by atoms with Gasteiger partial charge in [-0.3, -0.25) is 4.79 Å². The number of pyridine rings is 1. The monoisotopic (exact) mass is 620 g/mol. The van der Waals surface area contributed by atoms with E-state index in [0.717, 1.165) is 50.0 Å². The average molecular weight is 621 g/mol. The third-order valence-corrected chi connectivity index (χ3v) is 10.1. The second kappa shape index (κ2) is 11.2. The molecule has 1 aromatic heterocycles. The number of rotatable bonds is 4. The van der Waals surface area contributed by atoms with Crippen molar-refractivity contribution in [3.8, 4) is 27.9 Å². The zero-order valence-corrected chi connectivity index (χ0v) is 26.2. The molecule has 0 unspecified atom stereocenters. The van der Waals surface area contributed by atoms with E-state index < -0.39 is 0 Å². The van der Waals surface area contributed by atoms with Crippen molar-refractivity contribution in [2.24, 2.45) is 0 Å². The largest absolute Gasteiger partial charge is 0.309 e. The van der Waals surface area contributed by atoms with Crippen molar-refractivity contribution in [2.45, 2.75) is 9.79 Å². The molecule has 0 radical (unpaired) electrons. The molecule has 0 amide bonds. The summed E-state index contributed by atoms with van der Waals surface area (Å²) in [4.78, 5) is 19.2. The van der Waals surface area contributed by atoms with Crippen molar-refractivity contribution in [2.75, 3.05) is 4.90 Å². The molecule has 0 bridgehead atoms. The number of fused-ring (bicyclic) bond motifs is 4. The van der Waals surface area contributed by atoms with Gasteiger partial charge in [-0.2, -0.15) is 0 Å². The molecule has 0 aliphatic carbocycles. The van der Waals surface area contributed by atoms with Crippen LogP contribution in [0.15, 0.2) is 184 Å². The van der Waals surface area contributed by atoms with Crippen molar-refractivity contribution in [3.63, 3.8) is 0 Å². The van der Waals surface area contributed by atoms with Crippen molar-refractivity contribution in [3.05, 3.63) is 180 Å². The summed E-state index contributed by atoms with van der Waals surface area (Å²) in [5.41, 5.74) is 10.4. The molecule has 0 fully saturated rings. The Kier molecular flexibility index (Phi) is 6.54. The molecule has 9 rings (SSSR count). The number of hydrogen-bond donors (Lipinski definition) is 0. The molecular weight excluding hydrogens is 593 g/mol. The van der Waals surface area contributed by atoms with Crippen LogP contribution in [0.25, 0.3) is 49.7 Å². The van der Waals surface area contributed by atoms with E-state index in [1.807, 2.05) is 54.2 Å². The Morgan fingerprint density at radius 3 is 1.81 bits per heavy atom. The van der Waals surface area contributed by atoms with Gasteiger partial charge in [0.05, 0.1) is 27.8 Å². The molecule has 0 saturated carbocycles. The average Bonchev–Trinajstić information content (AvgIpc) is 3.14. The predicted molar refractivity (Wildman–Crippen MR) is 197 cm³/mol. The van der Waals surface area contributed by atoms with Gasteiger partial charge in [-0.05, 0) is 89.0 Å². The molecule has 1 aliphatic heterocycles. The minimum atomic E-state index is 0.0426. The number of nitrogens with zero attached hydrogens (tertiary/aromatic N) is 2. The smallest absolute Gasteiger partial charge is 0.197 e. The molecule has 4 heteroatoms. The maximum atomic E-state index is 14.4. The lowest BCUT2D eigenvalue weighted by Gasteiger charge is -2.33. The number of para-hydroxylation sites is 4. The minimum absolute atomic E-state index is 0.0426. The Morgan fingerprint density at radius 2 is 1.02 bits per heavy atom. The van der Waals surface area contributed by atoms with E-state index in [1.165, 1.54) is 21.2 Å². The molecule has 0 saturated heterocycles. The van der Waals surface area contributed by atoms with E-state index >= 15 is 0 Å². The molecule has 3 nitrogen and oxygen atoms in total. The third-order valence-electron chi connectivity index (χ3n) is 8.98. The normalized spacial score (nSPS) is 12.2. The van der Waals surface area contributed by atoms with Crippen LogP contribution in [-0.2, 0) is 0 Å². The lowest BCUT2D eigenvalue weighted by molar-refractivity contribution is 1.16. The van der Waals surface area contributed by atoms with Gasteiger partial charge in [-0.1, -0.05) is 115 Å². The van der Waals surface area contributed by atoms with Crippen molar-refractivity contribution >= 4 is 50.6 Å². The van der Waals surface area contributed by atoms with Crippen LogP contribution in [0, 0.1) is 0 Å². The van der Waals surface area contributed by atoms with Gasteiger partial charge in [0.15, 0.2) is 5.43 Å². The molecule has 7 aromatic carbocycles. The molecule has 0 spiro atoms. The highest BCUT2D eigenvalue weighted by molar-refractivity contribution is 7.99. The van der Waals surface area contributed by atoms with Crippen molar-refractivity contribution < 1.29 is 0 Å². The first-order chi connectivity index (χ1) is 23.3. The highest BCUT2D eigenvalue weighted by Crippen LogP contribution is 2.51. The summed E-state index contributed by atoms with van der Waals surface area (Å²) in [6.45, 7) is 0. The van der Waals surface area contributed by atoms with Gasteiger partial charge in [0.25, 0.3) is 0 Å². The van der Waals surface area contributed by atoms with Crippen LogP contribution in [0.5, 0.6) is 0 Å². The maximum absolute atomic E-state index is 14.4. The number of hydrogen-bond acceptors (Lipinski definition) is 3. The molecule has 2 heterocycles. The van der Waals surface area contributed by atoms with E-state index in [9.17, 15) is 4.79 Å². The summed E-state index contributed by atoms with van der Waals surface area (Å²) in [7, 11) is 0. The third kappa shape index (κ3) is 4.49. The van der Waals surface area contributed by atoms with Gasteiger partial charge < -0.3 is 9.47 Å². The molecule has 47 heavy (non-hydrogen) atoms. The lowest BCUT2D eigenvalue weighted by atomic mass is 9.91. The number of anilines is 3. The Hall–Kier alpha value is -5.84. The minimum Gasteiger partial charge on any atom is -0.309 e. The van der Waals surface area contributed by atoms with Crippen molar-refractivity contribution in [1.82, 2.24) is 4.57 Å². The second-order valence-corrected chi connectivity index (χ2v) is 12.8. The molecule has 0 N–H and O–H groups in total. The highest BCUT2D eigenvalue weighted by atomic mass is 32.2. The number of benzene rings is 7. The first-order valence-electron chi connectivity index (χ1n) is 15.7. The fourth-order valence-electron chi connectivity index (χ4n) is 6.93. The van der Waals surface area contributed by atoms with E-state index in [4.69, 9.17) is 0 Å². The Balaban J connectivity index is 1.27. The van der Waals surface area contributed by atoms with E-state index in [1.54, 1.807) is 0 Å². The van der Waals surface area contributed by atoms with Gasteiger partial charge >= 0.3 is 0 Å². The zero-order chi connectivity index (χ0) is 31.3. The lowest BCUT2D eigenvalue weighted by Crippen LogP contribution is -2.14. The topological polar surface area (TPSA) is 25.2 Å². The standard InChI is InChI=1S/C43H28N2OS/c46-43-35-20-6-7-22-36(35)44(30-15-2-1-3-16-30)39-25-13-21-34(42(39)43)33-19-5-4-18-32(33)29-14-12-17-31(28-29)45-37-23-8-10-26-40(37)47-41-27-11-9-24-38(41)45/h1-28H. The van der Waals surface area contributed by atoms with Gasteiger partial charge in [0.2, 0.25) is 0 Å². The summed E-state index contributed by atoms with van der Waals surface area (Å²) in [6.07, 6.45) is 0. The molecule has 0 atom stereocenters. The molecule has 8 aromatic rings. The fraction of sp³-hybridized carbons (Fsp3) is 0. The number of aromatic nitrogens is 1.